The Bertz CT molecular complexity index is 669. The molecule has 0 atom stereocenters. The molecule has 0 bridgehead atoms. The molecule has 2 rings (SSSR count). The van der Waals surface area contributed by atoms with Crippen LogP contribution >= 0.6 is 0 Å². The van der Waals surface area contributed by atoms with E-state index in [0.29, 0.717) is 30.9 Å². The van der Waals surface area contributed by atoms with Gasteiger partial charge in [0.25, 0.3) is 0 Å². The Morgan fingerprint density at radius 2 is 1.80 bits per heavy atom. The van der Waals surface area contributed by atoms with Gasteiger partial charge in [-0.25, -0.2) is 0 Å². The Morgan fingerprint density at radius 1 is 1.08 bits per heavy atom. The fourth-order valence-electron chi connectivity index (χ4n) is 2.32. The number of benzene rings is 2. The van der Waals surface area contributed by atoms with Crippen molar-refractivity contribution in [2.75, 3.05) is 19.0 Å². The summed E-state index contributed by atoms with van der Waals surface area (Å²) < 4.78 is 10.8. The molecule has 134 valence electrons. The van der Waals surface area contributed by atoms with E-state index in [1.165, 1.54) is 0 Å². The van der Waals surface area contributed by atoms with Gasteiger partial charge in [-0.3, -0.25) is 4.79 Å². The van der Waals surface area contributed by atoms with Gasteiger partial charge in [-0.05, 0) is 43.7 Å². The van der Waals surface area contributed by atoms with E-state index in [0.717, 1.165) is 11.3 Å². The zero-order chi connectivity index (χ0) is 18.1. The third kappa shape index (κ3) is 6.47. The minimum atomic E-state index is -0.0398. The molecule has 0 aromatic heterocycles. The molecule has 2 aromatic carbocycles. The van der Waals surface area contributed by atoms with E-state index in [-0.39, 0.29) is 12.0 Å². The van der Waals surface area contributed by atoms with Gasteiger partial charge >= 0.3 is 0 Å². The summed E-state index contributed by atoms with van der Waals surface area (Å²) in [6.07, 6.45) is 0.454. The molecule has 0 saturated heterocycles. The summed E-state index contributed by atoms with van der Waals surface area (Å²) in [5, 5.41) is 6.18. The maximum atomic E-state index is 12.1. The van der Waals surface area contributed by atoms with Crippen molar-refractivity contribution in [3.63, 3.8) is 0 Å². The Labute approximate surface area is 149 Å². The Balaban J connectivity index is 1.75. The van der Waals surface area contributed by atoms with Crippen molar-refractivity contribution in [1.29, 1.82) is 0 Å². The molecule has 1 amide bonds. The molecule has 0 aliphatic carbocycles. The predicted molar refractivity (Wildman–Crippen MR) is 100 cm³/mol. The van der Waals surface area contributed by atoms with Gasteiger partial charge in [-0.1, -0.05) is 24.3 Å². The molecule has 0 spiro atoms. The molecule has 2 N–H and O–H groups in total. The first kappa shape index (κ1) is 18.8. The number of amides is 1. The second kappa shape index (κ2) is 9.69. The molecule has 0 fully saturated rings. The fourth-order valence-corrected chi connectivity index (χ4v) is 2.32. The van der Waals surface area contributed by atoms with E-state index in [9.17, 15) is 4.79 Å². The molecular formula is C20H26N2O3. The highest BCUT2D eigenvalue weighted by molar-refractivity contribution is 5.92. The summed E-state index contributed by atoms with van der Waals surface area (Å²) in [5.74, 6) is 1.49. The molecule has 5 nitrogen and oxygen atoms in total. The summed E-state index contributed by atoms with van der Waals surface area (Å²) in [6, 6.07) is 15.3. The Kier molecular flexibility index (Phi) is 7.29. The molecule has 0 radical (unpaired) electrons. The van der Waals surface area contributed by atoms with Gasteiger partial charge in [-0.2, -0.15) is 0 Å². The van der Waals surface area contributed by atoms with E-state index < -0.39 is 0 Å². The number of carbonyl (C=O) groups excluding carboxylic acids is 1. The average molecular weight is 342 g/mol. The van der Waals surface area contributed by atoms with Gasteiger partial charge < -0.3 is 20.1 Å². The van der Waals surface area contributed by atoms with Crippen molar-refractivity contribution < 1.29 is 14.3 Å². The number of carbonyl (C=O) groups is 1. The van der Waals surface area contributed by atoms with Crippen molar-refractivity contribution in [2.24, 2.45) is 0 Å². The van der Waals surface area contributed by atoms with Gasteiger partial charge in [-0.15, -0.1) is 0 Å². The van der Waals surface area contributed by atoms with Crippen LogP contribution in [0.3, 0.4) is 0 Å². The SMILES string of the molecule is COc1ccc(CNCCC(=O)Nc2ccccc2OC(C)C)cc1. The van der Waals surface area contributed by atoms with Crippen LogP contribution < -0.4 is 20.1 Å². The molecular weight excluding hydrogens is 316 g/mol. The average Bonchev–Trinajstić information content (AvgIpc) is 2.60. The maximum absolute atomic E-state index is 12.1. The number of rotatable bonds is 9. The summed E-state index contributed by atoms with van der Waals surface area (Å²) >= 11 is 0. The summed E-state index contributed by atoms with van der Waals surface area (Å²) in [6.45, 7) is 5.23. The molecule has 2 aromatic rings. The standard InChI is InChI=1S/C20H26N2O3/c1-15(2)25-19-7-5-4-6-18(19)22-20(23)12-13-21-14-16-8-10-17(24-3)11-9-16/h4-11,15,21H,12-14H2,1-3H3,(H,22,23). The van der Waals surface area contributed by atoms with E-state index in [4.69, 9.17) is 9.47 Å². The van der Waals surface area contributed by atoms with Crippen molar-refractivity contribution in [1.82, 2.24) is 5.32 Å². The van der Waals surface area contributed by atoms with Gasteiger partial charge in [0.15, 0.2) is 0 Å². The lowest BCUT2D eigenvalue weighted by Gasteiger charge is -2.14. The molecule has 0 unspecified atom stereocenters. The minimum Gasteiger partial charge on any atom is -0.497 e. The second-order valence-electron chi connectivity index (χ2n) is 5.99. The number of methoxy groups -OCH3 is 1. The highest BCUT2D eigenvalue weighted by atomic mass is 16.5. The largest absolute Gasteiger partial charge is 0.497 e. The molecule has 5 heteroatoms. The normalized spacial score (nSPS) is 10.6. The number of nitrogens with one attached hydrogen (secondary N) is 2. The number of ether oxygens (including phenoxy) is 2. The molecule has 0 saturated carbocycles. The van der Waals surface area contributed by atoms with E-state index in [1.807, 2.05) is 62.4 Å². The first-order chi connectivity index (χ1) is 12.1. The highest BCUT2D eigenvalue weighted by Crippen LogP contribution is 2.24. The minimum absolute atomic E-state index is 0.0398. The second-order valence-corrected chi connectivity index (χ2v) is 5.99. The van der Waals surface area contributed by atoms with Crippen LogP contribution in [-0.4, -0.2) is 25.7 Å². The quantitative estimate of drug-likeness (QED) is 0.684. The lowest BCUT2D eigenvalue weighted by atomic mass is 10.2. The lowest BCUT2D eigenvalue weighted by Crippen LogP contribution is -2.22. The monoisotopic (exact) mass is 342 g/mol. The van der Waals surface area contributed by atoms with Crippen LogP contribution in [0.15, 0.2) is 48.5 Å². The third-order valence-electron chi connectivity index (χ3n) is 3.54. The van der Waals surface area contributed by atoms with Crippen molar-refractivity contribution in [3.05, 3.63) is 54.1 Å². The van der Waals surface area contributed by atoms with Crippen LogP contribution in [-0.2, 0) is 11.3 Å². The Hall–Kier alpha value is -2.53. The summed E-state index contributed by atoms with van der Waals surface area (Å²) in [4.78, 5) is 12.1. The highest BCUT2D eigenvalue weighted by Gasteiger charge is 2.08. The van der Waals surface area contributed by atoms with Crippen molar-refractivity contribution >= 4 is 11.6 Å². The Morgan fingerprint density at radius 3 is 2.48 bits per heavy atom. The van der Waals surface area contributed by atoms with Gasteiger partial charge in [0.1, 0.15) is 11.5 Å². The molecule has 0 aliphatic rings. The maximum Gasteiger partial charge on any atom is 0.225 e. The number of anilines is 1. The van der Waals surface area contributed by atoms with Crippen molar-refractivity contribution in [2.45, 2.75) is 32.9 Å². The molecule has 25 heavy (non-hydrogen) atoms. The number of hydrogen-bond acceptors (Lipinski definition) is 4. The zero-order valence-electron chi connectivity index (χ0n) is 15.0. The number of hydrogen-bond donors (Lipinski definition) is 2. The molecule has 0 aliphatic heterocycles. The van der Waals surface area contributed by atoms with Crippen LogP contribution in [0, 0.1) is 0 Å². The predicted octanol–water partition coefficient (Wildman–Crippen LogP) is 3.60. The van der Waals surface area contributed by atoms with E-state index in [2.05, 4.69) is 10.6 Å². The molecule has 0 heterocycles. The third-order valence-corrected chi connectivity index (χ3v) is 3.54. The van der Waals surface area contributed by atoms with Gasteiger partial charge in [0.05, 0.1) is 18.9 Å². The van der Waals surface area contributed by atoms with E-state index in [1.54, 1.807) is 7.11 Å². The van der Waals surface area contributed by atoms with Crippen LogP contribution in [0.5, 0.6) is 11.5 Å². The van der Waals surface area contributed by atoms with Crippen molar-refractivity contribution in [3.8, 4) is 11.5 Å². The zero-order valence-corrected chi connectivity index (χ0v) is 15.0. The van der Waals surface area contributed by atoms with Gasteiger partial charge in [0, 0.05) is 19.5 Å². The van der Waals surface area contributed by atoms with Crippen LogP contribution in [0.1, 0.15) is 25.8 Å². The summed E-state index contributed by atoms with van der Waals surface area (Å²) in [5.41, 5.74) is 1.85. The summed E-state index contributed by atoms with van der Waals surface area (Å²) in [7, 11) is 1.65. The van der Waals surface area contributed by atoms with Crippen LogP contribution in [0.2, 0.25) is 0 Å². The first-order valence-electron chi connectivity index (χ1n) is 8.47. The fraction of sp³-hybridized carbons (Fsp3) is 0.350. The smallest absolute Gasteiger partial charge is 0.225 e. The number of para-hydroxylation sites is 2. The first-order valence-corrected chi connectivity index (χ1v) is 8.47. The van der Waals surface area contributed by atoms with E-state index >= 15 is 0 Å². The lowest BCUT2D eigenvalue weighted by molar-refractivity contribution is -0.116. The van der Waals surface area contributed by atoms with Gasteiger partial charge in [0.2, 0.25) is 5.91 Å². The van der Waals surface area contributed by atoms with Crippen LogP contribution in [0.4, 0.5) is 5.69 Å². The topological polar surface area (TPSA) is 59.6 Å². The van der Waals surface area contributed by atoms with Crippen LogP contribution in [0.25, 0.3) is 0 Å².